The number of aliphatic carboxylic acids is 1. The van der Waals surface area contributed by atoms with Gasteiger partial charge in [-0.15, -0.1) is 0 Å². The fourth-order valence-corrected chi connectivity index (χ4v) is 6.77. The van der Waals surface area contributed by atoms with Crippen LogP contribution in [0.3, 0.4) is 0 Å². The maximum Gasteiger partial charge on any atom is 0.329 e. The van der Waals surface area contributed by atoms with Crippen molar-refractivity contribution in [3.63, 3.8) is 0 Å². The van der Waals surface area contributed by atoms with Crippen LogP contribution in [0.4, 0.5) is 0 Å². The molecule has 0 aromatic heterocycles. The number of esters is 2. The molecule has 1 atom stereocenters. The van der Waals surface area contributed by atoms with Crippen molar-refractivity contribution in [2.24, 2.45) is 0 Å². The van der Waals surface area contributed by atoms with E-state index < -0.39 is 29.2 Å². The first-order valence-corrected chi connectivity index (χ1v) is 26.6. The van der Waals surface area contributed by atoms with Crippen molar-refractivity contribution in [3.05, 3.63) is 0 Å². The topological polar surface area (TPSA) is 262 Å². The normalized spacial score (nSPS) is 12.2. The molecule has 0 aromatic carbocycles. The zero-order chi connectivity index (χ0) is 54.6. The van der Waals surface area contributed by atoms with Gasteiger partial charge in [0.05, 0.1) is 99.7 Å². The number of carboxylic acid groups (broad SMARTS) is 1. The van der Waals surface area contributed by atoms with Crippen molar-refractivity contribution in [2.75, 3.05) is 126 Å². The van der Waals surface area contributed by atoms with E-state index in [1.54, 1.807) is 20.8 Å². The Balaban J connectivity index is 3.95. The zero-order valence-corrected chi connectivity index (χ0v) is 46.1. The largest absolute Gasteiger partial charge is 0.481 e. The number of nitrogens with one attached hydrogen (secondary N) is 4. The van der Waals surface area contributed by atoms with E-state index >= 15 is 0 Å². The Bertz CT molecular complexity index is 1500. The molecule has 0 unspecified atom stereocenters. The SMILES string of the molecule is CC(C)(C)OC(=O)CCCCCCCCCCCCCCC(=O)N[C@@H](CCC(=O)NCCOCCOCC(=O)NCCOCCOCC(=O)NCC[N+](C)(C)CCOCCOCCC(=O)O)C(=O)OC(C)(C)C. The number of amides is 4. The average molecular weight is 1050 g/mol. The zero-order valence-electron chi connectivity index (χ0n) is 46.1. The van der Waals surface area contributed by atoms with Gasteiger partial charge >= 0.3 is 17.9 Å². The fraction of sp³-hybridized carbons (Fsp3) is 0.865. The summed E-state index contributed by atoms with van der Waals surface area (Å²) < 4.78 is 43.9. The molecule has 0 spiro atoms. The standard InChI is InChI=1S/C52H97N5O16/c1-51(2,3)72-49(64)22-20-18-16-14-12-10-9-11-13-15-17-19-21-45(59)56-43(50(65)73-52(4,5)6)23-24-44(58)54-27-32-67-37-40-71-42-47(61)55-28-33-68-38-39-70-41-46(60)53-26-29-57(7,8)30-34-69-36-35-66-31-25-48(62)63/h43H,9-42H2,1-8H3,(H4-,53,54,55,56,58,59,60,61,62,63)/p+1/t43-/m0/s1. The van der Waals surface area contributed by atoms with Gasteiger partial charge < -0.3 is 68.8 Å². The van der Waals surface area contributed by atoms with Crippen molar-refractivity contribution >= 4 is 41.5 Å². The lowest BCUT2D eigenvalue weighted by atomic mass is 10.0. The summed E-state index contributed by atoms with van der Waals surface area (Å²) in [5, 5.41) is 19.6. The number of unbranched alkanes of at least 4 members (excludes halogenated alkanes) is 11. The molecular weight excluding hydrogens is 951 g/mol. The highest BCUT2D eigenvalue weighted by Gasteiger charge is 2.27. The van der Waals surface area contributed by atoms with Crippen LogP contribution >= 0.6 is 0 Å². The number of carboxylic acids is 1. The minimum atomic E-state index is -0.945. The number of carbonyl (C=O) groups is 7. The quantitative estimate of drug-likeness (QED) is 0.0321. The minimum Gasteiger partial charge on any atom is -0.481 e. The molecule has 0 aliphatic rings. The summed E-state index contributed by atoms with van der Waals surface area (Å²) in [5.74, 6) is -2.68. The van der Waals surface area contributed by atoms with E-state index in [2.05, 4.69) is 21.3 Å². The van der Waals surface area contributed by atoms with Gasteiger partial charge in [0.1, 0.15) is 37.0 Å². The van der Waals surface area contributed by atoms with Crippen LogP contribution in [0.25, 0.3) is 0 Å². The van der Waals surface area contributed by atoms with Crippen molar-refractivity contribution < 1.29 is 81.0 Å². The molecule has 0 fully saturated rings. The summed E-state index contributed by atoms with van der Waals surface area (Å²) in [6.07, 6.45) is 13.7. The van der Waals surface area contributed by atoms with E-state index in [1.165, 1.54) is 32.1 Å². The van der Waals surface area contributed by atoms with Crippen LogP contribution in [0.5, 0.6) is 0 Å². The van der Waals surface area contributed by atoms with Gasteiger partial charge in [-0.2, -0.15) is 0 Å². The van der Waals surface area contributed by atoms with Gasteiger partial charge in [-0.1, -0.05) is 64.2 Å². The van der Waals surface area contributed by atoms with E-state index in [-0.39, 0.29) is 121 Å². The fourth-order valence-electron chi connectivity index (χ4n) is 6.77. The second-order valence-electron chi connectivity index (χ2n) is 20.7. The summed E-state index contributed by atoms with van der Waals surface area (Å²) >= 11 is 0. The Kier molecular flexibility index (Phi) is 40.9. The predicted octanol–water partition coefficient (Wildman–Crippen LogP) is 4.40. The van der Waals surface area contributed by atoms with Gasteiger partial charge in [-0.25, -0.2) is 4.79 Å². The number of rotatable bonds is 48. The molecular formula is C52H98N5O16+. The number of hydrogen-bond acceptors (Lipinski definition) is 15. The van der Waals surface area contributed by atoms with Gasteiger partial charge in [0, 0.05) is 32.4 Å². The number of ether oxygens (including phenoxy) is 8. The smallest absolute Gasteiger partial charge is 0.329 e. The van der Waals surface area contributed by atoms with Crippen molar-refractivity contribution in [2.45, 2.75) is 168 Å². The Morgan fingerprint density at radius 1 is 0.438 bits per heavy atom. The van der Waals surface area contributed by atoms with Crippen LogP contribution in [-0.2, 0) is 71.5 Å². The second-order valence-corrected chi connectivity index (χ2v) is 20.7. The molecule has 0 aliphatic carbocycles. The molecule has 0 aromatic rings. The molecule has 5 N–H and O–H groups in total. The van der Waals surface area contributed by atoms with Gasteiger partial charge in [-0.3, -0.25) is 28.8 Å². The van der Waals surface area contributed by atoms with Gasteiger partial charge in [-0.05, 0) is 60.8 Å². The highest BCUT2D eigenvalue weighted by atomic mass is 16.6. The van der Waals surface area contributed by atoms with Crippen molar-refractivity contribution in [3.8, 4) is 0 Å². The summed E-state index contributed by atoms with van der Waals surface area (Å²) in [7, 11) is 4.06. The van der Waals surface area contributed by atoms with Crippen LogP contribution in [0, 0.1) is 0 Å². The first kappa shape index (κ1) is 69.0. The number of nitrogens with zero attached hydrogens (tertiary/aromatic N) is 1. The summed E-state index contributed by atoms with van der Waals surface area (Å²) in [6.45, 7) is 15.8. The lowest BCUT2D eigenvalue weighted by Crippen LogP contribution is -2.47. The number of quaternary nitrogens is 1. The molecule has 0 saturated heterocycles. The van der Waals surface area contributed by atoms with Crippen LogP contribution in [0.2, 0.25) is 0 Å². The lowest BCUT2D eigenvalue weighted by Gasteiger charge is -2.29. The number of carbonyl (C=O) groups excluding carboxylic acids is 6. The molecule has 21 heteroatoms. The number of likely N-dealkylation sites (N-methyl/N-ethyl adjacent to an activating group) is 1. The Morgan fingerprint density at radius 3 is 1.36 bits per heavy atom. The maximum absolute atomic E-state index is 12.9. The molecule has 0 rings (SSSR count). The average Bonchev–Trinajstić information content (AvgIpc) is 3.29. The Hall–Kier alpha value is -3.99. The third-order valence-corrected chi connectivity index (χ3v) is 10.7. The molecule has 0 saturated carbocycles. The third kappa shape index (κ3) is 50.0. The molecule has 0 radical (unpaired) electrons. The predicted molar refractivity (Wildman–Crippen MR) is 276 cm³/mol. The highest BCUT2D eigenvalue weighted by Crippen LogP contribution is 2.16. The first-order valence-electron chi connectivity index (χ1n) is 26.6. The number of hydrogen-bond donors (Lipinski definition) is 5. The highest BCUT2D eigenvalue weighted by molar-refractivity contribution is 5.85. The van der Waals surface area contributed by atoms with Crippen LogP contribution in [-0.4, -0.2) is 194 Å². The van der Waals surface area contributed by atoms with Crippen LogP contribution in [0.1, 0.15) is 151 Å². The van der Waals surface area contributed by atoms with E-state index in [0.717, 1.165) is 45.1 Å². The van der Waals surface area contributed by atoms with Gasteiger partial charge in [0.25, 0.3) is 0 Å². The molecule has 4 amide bonds. The molecule has 426 valence electrons. The molecule has 21 nitrogen and oxygen atoms in total. The lowest BCUT2D eigenvalue weighted by molar-refractivity contribution is -0.889. The van der Waals surface area contributed by atoms with Crippen molar-refractivity contribution in [1.29, 1.82) is 0 Å². The van der Waals surface area contributed by atoms with Crippen LogP contribution < -0.4 is 21.3 Å². The summed E-state index contributed by atoms with van der Waals surface area (Å²) in [6, 6.07) is -0.945. The second kappa shape index (κ2) is 43.3. The monoisotopic (exact) mass is 1050 g/mol. The molecule has 0 heterocycles. The van der Waals surface area contributed by atoms with E-state index in [4.69, 9.17) is 43.0 Å². The minimum absolute atomic E-state index is 0.00651. The first-order chi connectivity index (χ1) is 34.6. The van der Waals surface area contributed by atoms with Crippen LogP contribution in [0.15, 0.2) is 0 Å². The van der Waals surface area contributed by atoms with Gasteiger partial charge in [0.15, 0.2) is 0 Å². The Labute approximate surface area is 436 Å². The summed E-state index contributed by atoms with van der Waals surface area (Å²) in [5.41, 5.74) is -1.18. The van der Waals surface area contributed by atoms with E-state index in [0.29, 0.717) is 56.7 Å². The van der Waals surface area contributed by atoms with E-state index in [9.17, 15) is 33.6 Å². The maximum atomic E-state index is 12.9. The molecule has 0 aliphatic heterocycles. The molecule has 73 heavy (non-hydrogen) atoms. The molecule has 0 bridgehead atoms. The Morgan fingerprint density at radius 2 is 0.863 bits per heavy atom. The summed E-state index contributed by atoms with van der Waals surface area (Å²) in [4.78, 5) is 84.7. The van der Waals surface area contributed by atoms with Gasteiger partial charge in [0.2, 0.25) is 23.6 Å². The third-order valence-electron chi connectivity index (χ3n) is 10.7. The van der Waals surface area contributed by atoms with E-state index in [1.807, 2.05) is 34.9 Å². The van der Waals surface area contributed by atoms with Crippen molar-refractivity contribution in [1.82, 2.24) is 21.3 Å².